The third-order valence-electron chi connectivity index (χ3n) is 4.23. The van der Waals surface area contributed by atoms with Gasteiger partial charge in [0.25, 0.3) is 0 Å². The van der Waals surface area contributed by atoms with Gasteiger partial charge in [-0.3, -0.25) is 4.79 Å². The molecule has 1 N–H and O–H groups in total. The molecule has 0 radical (unpaired) electrons. The standard InChI is InChI=1S/C16H22N4OS/c1-11-13(12(2)19-15(18-11)22-3)6-7-14(21)20-16(10-17)8-4-5-9-16/h4-9H2,1-3H3,(H,20,21). The molecule has 1 aromatic heterocycles. The number of nitrogens with one attached hydrogen (secondary N) is 1. The summed E-state index contributed by atoms with van der Waals surface area (Å²) in [5, 5.41) is 13.0. The Labute approximate surface area is 135 Å². The van der Waals surface area contributed by atoms with E-state index in [-0.39, 0.29) is 5.91 Å². The first kappa shape index (κ1) is 16.8. The van der Waals surface area contributed by atoms with E-state index in [0.717, 1.165) is 47.8 Å². The number of aryl methyl sites for hydroxylation is 2. The van der Waals surface area contributed by atoms with Crippen LogP contribution in [0.1, 0.15) is 49.1 Å². The molecule has 6 heteroatoms. The Morgan fingerprint density at radius 2 is 1.91 bits per heavy atom. The van der Waals surface area contributed by atoms with Gasteiger partial charge in [0.05, 0.1) is 6.07 Å². The number of nitrogens with zero attached hydrogens (tertiary/aromatic N) is 3. The molecule has 1 aliphatic rings. The molecule has 0 atom stereocenters. The molecule has 1 aliphatic carbocycles. The number of aromatic nitrogens is 2. The van der Waals surface area contributed by atoms with E-state index in [1.807, 2.05) is 20.1 Å². The lowest BCUT2D eigenvalue weighted by atomic mass is 9.99. The minimum atomic E-state index is -0.639. The molecular formula is C16H22N4OS. The van der Waals surface area contributed by atoms with Crippen molar-refractivity contribution in [3.63, 3.8) is 0 Å². The van der Waals surface area contributed by atoms with Gasteiger partial charge in [-0.1, -0.05) is 11.8 Å². The van der Waals surface area contributed by atoms with Gasteiger partial charge in [-0.15, -0.1) is 0 Å². The van der Waals surface area contributed by atoms with E-state index in [0.29, 0.717) is 12.8 Å². The number of thioether (sulfide) groups is 1. The molecular weight excluding hydrogens is 296 g/mol. The highest BCUT2D eigenvalue weighted by molar-refractivity contribution is 7.98. The molecule has 0 aliphatic heterocycles. The molecule has 0 saturated heterocycles. The van der Waals surface area contributed by atoms with Crippen LogP contribution in [0, 0.1) is 25.2 Å². The van der Waals surface area contributed by atoms with Crippen molar-refractivity contribution in [2.24, 2.45) is 0 Å². The normalized spacial score (nSPS) is 16.3. The molecule has 0 aromatic carbocycles. The van der Waals surface area contributed by atoms with Crippen LogP contribution in [0.2, 0.25) is 0 Å². The van der Waals surface area contributed by atoms with Crippen molar-refractivity contribution in [1.29, 1.82) is 5.26 Å². The van der Waals surface area contributed by atoms with E-state index in [9.17, 15) is 10.1 Å². The molecule has 1 heterocycles. The zero-order valence-electron chi connectivity index (χ0n) is 13.4. The number of amides is 1. The SMILES string of the molecule is CSc1nc(C)c(CCC(=O)NC2(C#N)CCCC2)c(C)n1. The molecule has 0 unspecified atom stereocenters. The summed E-state index contributed by atoms with van der Waals surface area (Å²) in [5.74, 6) is -0.0591. The summed E-state index contributed by atoms with van der Waals surface area (Å²) in [6, 6.07) is 2.28. The smallest absolute Gasteiger partial charge is 0.221 e. The third-order valence-corrected chi connectivity index (χ3v) is 4.78. The first-order chi connectivity index (χ1) is 10.5. The fraction of sp³-hybridized carbons (Fsp3) is 0.625. The highest BCUT2D eigenvalue weighted by Gasteiger charge is 2.35. The summed E-state index contributed by atoms with van der Waals surface area (Å²) in [4.78, 5) is 21.0. The predicted octanol–water partition coefficient (Wildman–Crippen LogP) is 2.70. The second-order valence-corrected chi connectivity index (χ2v) is 6.58. The molecule has 1 saturated carbocycles. The fourth-order valence-corrected chi connectivity index (χ4v) is 3.43. The van der Waals surface area contributed by atoms with Gasteiger partial charge in [0, 0.05) is 17.8 Å². The van der Waals surface area contributed by atoms with E-state index in [2.05, 4.69) is 21.4 Å². The number of carbonyl (C=O) groups is 1. The number of carbonyl (C=O) groups excluding carboxylic acids is 1. The van der Waals surface area contributed by atoms with Gasteiger partial charge in [0.2, 0.25) is 5.91 Å². The molecule has 0 spiro atoms. The van der Waals surface area contributed by atoms with Crippen LogP contribution in [0.25, 0.3) is 0 Å². The lowest BCUT2D eigenvalue weighted by Gasteiger charge is -2.22. The van der Waals surface area contributed by atoms with Gasteiger partial charge in [-0.2, -0.15) is 5.26 Å². The largest absolute Gasteiger partial charge is 0.338 e. The summed E-state index contributed by atoms with van der Waals surface area (Å²) in [5.41, 5.74) is 2.26. The second-order valence-electron chi connectivity index (χ2n) is 5.81. The van der Waals surface area contributed by atoms with Crippen molar-refractivity contribution in [3.05, 3.63) is 17.0 Å². The van der Waals surface area contributed by atoms with Crippen LogP contribution in [-0.4, -0.2) is 27.7 Å². The first-order valence-electron chi connectivity index (χ1n) is 7.60. The number of hydrogen-bond acceptors (Lipinski definition) is 5. The Balaban J connectivity index is 1.98. The number of rotatable bonds is 5. The average molecular weight is 318 g/mol. The quantitative estimate of drug-likeness (QED) is 0.667. The van der Waals surface area contributed by atoms with Gasteiger partial charge in [0.15, 0.2) is 5.16 Å². The molecule has 1 amide bonds. The molecule has 22 heavy (non-hydrogen) atoms. The highest BCUT2D eigenvalue weighted by Crippen LogP contribution is 2.29. The average Bonchev–Trinajstić information content (AvgIpc) is 2.95. The Morgan fingerprint density at radius 1 is 1.32 bits per heavy atom. The van der Waals surface area contributed by atoms with Crippen LogP contribution >= 0.6 is 11.8 Å². The van der Waals surface area contributed by atoms with Crippen LogP contribution in [-0.2, 0) is 11.2 Å². The van der Waals surface area contributed by atoms with Gasteiger partial charge in [0.1, 0.15) is 5.54 Å². The minimum absolute atomic E-state index is 0.0591. The predicted molar refractivity (Wildman–Crippen MR) is 86.6 cm³/mol. The Hall–Kier alpha value is -1.61. The summed E-state index contributed by atoms with van der Waals surface area (Å²) in [6.07, 6.45) is 6.47. The van der Waals surface area contributed by atoms with Crippen molar-refractivity contribution in [2.75, 3.05) is 6.26 Å². The Morgan fingerprint density at radius 3 is 2.41 bits per heavy atom. The minimum Gasteiger partial charge on any atom is -0.338 e. The van der Waals surface area contributed by atoms with Gasteiger partial charge < -0.3 is 5.32 Å². The lowest BCUT2D eigenvalue weighted by Crippen LogP contribution is -2.45. The highest BCUT2D eigenvalue weighted by atomic mass is 32.2. The zero-order chi connectivity index (χ0) is 16.2. The Bertz CT molecular complexity index is 580. The van der Waals surface area contributed by atoms with Crippen LogP contribution in [0.15, 0.2) is 5.16 Å². The summed E-state index contributed by atoms with van der Waals surface area (Å²) >= 11 is 1.52. The van der Waals surface area contributed by atoms with Crippen LogP contribution < -0.4 is 5.32 Å². The van der Waals surface area contributed by atoms with E-state index >= 15 is 0 Å². The molecule has 2 rings (SSSR count). The third kappa shape index (κ3) is 3.77. The lowest BCUT2D eigenvalue weighted by molar-refractivity contribution is -0.122. The molecule has 118 valence electrons. The molecule has 0 bridgehead atoms. The Kier molecular flexibility index (Phi) is 5.41. The maximum absolute atomic E-state index is 12.2. The van der Waals surface area contributed by atoms with E-state index in [1.54, 1.807) is 0 Å². The monoisotopic (exact) mass is 318 g/mol. The maximum Gasteiger partial charge on any atom is 0.221 e. The molecule has 5 nitrogen and oxygen atoms in total. The summed E-state index contributed by atoms with van der Waals surface area (Å²) in [6.45, 7) is 3.91. The van der Waals surface area contributed by atoms with Crippen molar-refractivity contribution in [2.45, 2.75) is 63.1 Å². The van der Waals surface area contributed by atoms with Crippen molar-refractivity contribution in [1.82, 2.24) is 15.3 Å². The molecule has 1 fully saturated rings. The second kappa shape index (κ2) is 7.10. The summed E-state index contributed by atoms with van der Waals surface area (Å²) < 4.78 is 0. The number of hydrogen-bond donors (Lipinski definition) is 1. The van der Waals surface area contributed by atoms with Crippen molar-refractivity contribution < 1.29 is 4.79 Å². The van der Waals surface area contributed by atoms with Crippen LogP contribution in [0.3, 0.4) is 0 Å². The van der Waals surface area contributed by atoms with Crippen LogP contribution in [0.5, 0.6) is 0 Å². The topological polar surface area (TPSA) is 78.7 Å². The van der Waals surface area contributed by atoms with Crippen LogP contribution in [0.4, 0.5) is 0 Å². The maximum atomic E-state index is 12.2. The van der Waals surface area contributed by atoms with Crippen molar-refractivity contribution >= 4 is 17.7 Å². The first-order valence-corrected chi connectivity index (χ1v) is 8.82. The van der Waals surface area contributed by atoms with Gasteiger partial charge in [-0.05, 0) is 57.8 Å². The van der Waals surface area contributed by atoms with E-state index < -0.39 is 5.54 Å². The van der Waals surface area contributed by atoms with Gasteiger partial charge in [-0.25, -0.2) is 9.97 Å². The number of nitriles is 1. The van der Waals surface area contributed by atoms with Crippen molar-refractivity contribution in [3.8, 4) is 6.07 Å². The van der Waals surface area contributed by atoms with E-state index in [4.69, 9.17) is 0 Å². The fourth-order valence-electron chi connectivity index (χ4n) is 2.97. The van der Waals surface area contributed by atoms with Gasteiger partial charge >= 0.3 is 0 Å². The summed E-state index contributed by atoms with van der Waals surface area (Å²) in [7, 11) is 0. The zero-order valence-corrected chi connectivity index (χ0v) is 14.2. The molecule has 1 aromatic rings. The van der Waals surface area contributed by atoms with E-state index in [1.165, 1.54) is 11.8 Å².